The second-order valence-electron chi connectivity index (χ2n) is 10.7. The molecule has 0 bridgehead atoms. The van der Waals surface area contributed by atoms with Crippen molar-refractivity contribution in [2.45, 2.75) is 20.5 Å². The van der Waals surface area contributed by atoms with Crippen LogP contribution in [0.4, 0.5) is 16.2 Å². The lowest BCUT2D eigenvalue weighted by Crippen LogP contribution is -2.57. The van der Waals surface area contributed by atoms with Gasteiger partial charge in [0, 0.05) is 21.0 Å². The van der Waals surface area contributed by atoms with Gasteiger partial charge in [-0.15, -0.1) is 0 Å². The van der Waals surface area contributed by atoms with Crippen LogP contribution in [0, 0.1) is 10.5 Å². The summed E-state index contributed by atoms with van der Waals surface area (Å²) in [5.41, 5.74) is 2.77. The molecule has 0 aliphatic carbocycles. The van der Waals surface area contributed by atoms with Gasteiger partial charge in [0.1, 0.15) is 12.2 Å². The molecule has 0 saturated carbocycles. The number of aryl methyl sites for hydroxylation is 1. The van der Waals surface area contributed by atoms with Crippen molar-refractivity contribution in [3.05, 3.63) is 133 Å². The minimum absolute atomic E-state index is 0.164. The molecule has 0 N–H and O–H groups in total. The number of anilines is 2. The molecule has 1 saturated heterocycles. The summed E-state index contributed by atoms with van der Waals surface area (Å²) in [4.78, 5) is 44.5. The van der Waals surface area contributed by atoms with Gasteiger partial charge in [-0.05, 0) is 95.9 Å². The van der Waals surface area contributed by atoms with Crippen LogP contribution in [-0.4, -0.2) is 24.5 Å². The first kappa shape index (κ1) is 32.6. The highest BCUT2D eigenvalue weighted by atomic mass is 127. The van der Waals surface area contributed by atoms with Crippen LogP contribution >= 0.6 is 45.8 Å². The van der Waals surface area contributed by atoms with Crippen molar-refractivity contribution in [1.82, 2.24) is 0 Å². The quantitative estimate of drug-likeness (QED) is 0.0892. The molecule has 236 valence electrons. The van der Waals surface area contributed by atoms with E-state index in [4.69, 9.17) is 32.7 Å². The second kappa shape index (κ2) is 13.8. The molecule has 1 aliphatic rings. The maximum Gasteiger partial charge on any atom is 0.343 e. The number of carbonyl (C=O) groups is 3. The number of halogens is 3. The summed E-state index contributed by atoms with van der Waals surface area (Å²) in [5, 5.41) is 2.55. The molecule has 0 aromatic heterocycles. The normalized spacial score (nSPS) is 14.3. The fourth-order valence-corrected chi connectivity index (χ4v) is 6.54. The lowest BCUT2D eigenvalue weighted by atomic mass is 10.0. The Morgan fingerprint density at radius 2 is 1.53 bits per heavy atom. The van der Waals surface area contributed by atoms with E-state index in [1.165, 1.54) is 6.08 Å². The minimum atomic E-state index is -0.758. The van der Waals surface area contributed by atoms with E-state index in [1.54, 1.807) is 54.6 Å². The summed E-state index contributed by atoms with van der Waals surface area (Å²) in [6.07, 6.45) is 1.49. The third-order valence-corrected chi connectivity index (χ3v) is 8.97. The number of carbonyl (C=O) groups excluding carboxylic acids is 3. The molecule has 0 unspecified atom stereocenters. The number of hydrogen-bond donors (Lipinski definition) is 0. The van der Waals surface area contributed by atoms with E-state index in [0.29, 0.717) is 54.0 Å². The van der Waals surface area contributed by atoms with Crippen LogP contribution in [0.2, 0.25) is 10.0 Å². The van der Waals surface area contributed by atoms with Crippen LogP contribution in [0.25, 0.3) is 16.8 Å². The zero-order valence-corrected chi connectivity index (χ0v) is 29.0. The SMILES string of the molecule is CCOc1cc(/C=C2\C(=O)N(c3ccc(C)cc3)C(=O)N(c3cccc4ccccc34)C2=O)cc(I)c1OCc1ccc(Cl)cc1Cl. The predicted molar refractivity (Wildman–Crippen MR) is 195 cm³/mol. The Morgan fingerprint density at radius 1 is 0.809 bits per heavy atom. The number of imide groups is 2. The molecule has 1 fully saturated rings. The summed E-state index contributed by atoms with van der Waals surface area (Å²) in [7, 11) is 0. The van der Waals surface area contributed by atoms with Gasteiger partial charge in [-0.2, -0.15) is 0 Å². The molecule has 10 heteroatoms. The van der Waals surface area contributed by atoms with Gasteiger partial charge in [0.05, 0.1) is 21.6 Å². The van der Waals surface area contributed by atoms with Gasteiger partial charge in [0.2, 0.25) is 0 Å². The molecule has 1 heterocycles. The number of hydrogen-bond acceptors (Lipinski definition) is 5. The fourth-order valence-electron chi connectivity index (χ4n) is 5.30. The van der Waals surface area contributed by atoms with Crippen molar-refractivity contribution in [3.63, 3.8) is 0 Å². The number of rotatable bonds is 8. The Morgan fingerprint density at radius 3 is 2.28 bits per heavy atom. The third-order valence-electron chi connectivity index (χ3n) is 7.58. The zero-order chi connectivity index (χ0) is 33.2. The van der Waals surface area contributed by atoms with Crippen LogP contribution < -0.4 is 19.3 Å². The summed E-state index contributed by atoms with van der Waals surface area (Å²) >= 11 is 14.5. The highest BCUT2D eigenvalue weighted by molar-refractivity contribution is 14.1. The number of barbiturate groups is 1. The maximum absolute atomic E-state index is 14.2. The first-order valence-corrected chi connectivity index (χ1v) is 16.5. The molecular formula is C37H27Cl2IN2O5. The van der Waals surface area contributed by atoms with E-state index in [9.17, 15) is 14.4 Å². The standard InChI is InChI=1S/C37H27Cl2IN2O5/c1-3-46-33-19-23(18-31(40)34(33)47-21-25-13-14-26(38)20-30(25)39)17-29-35(43)41(27-15-11-22(2)12-16-27)37(45)42(36(29)44)32-10-6-8-24-7-4-5-9-28(24)32/h4-20H,3,21H2,1-2H3/b29-17+. The number of fused-ring (bicyclic) bond motifs is 1. The molecule has 0 spiro atoms. The average Bonchev–Trinajstić information content (AvgIpc) is 3.05. The van der Waals surface area contributed by atoms with Gasteiger partial charge in [0.15, 0.2) is 11.5 Å². The van der Waals surface area contributed by atoms with E-state index in [1.807, 2.05) is 56.3 Å². The fraction of sp³-hybridized carbons (Fsp3) is 0.108. The van der Waals surface area contributed by atoms with Crippen molar-refractivity contribution >= 4 is 91.9 Å². The van der Waals surface area contributed by atoms with Crippen molar-refractivity contribution in [1.29, 1.82) is 0 Å². The predicted octanol–water partition coefficient (Wildman–Crippen LogP) is 9.62. The first-order chi connectivity index (χ1) is 22.7. The third kappa shape index (κ3) is 6.58. The van der Waals surface area contributed by atoms with E-state index >= 15 is 0 Å². The zero-order valence-electron chi connectivity index (χ0n) is 25.3. The van der Waals surface area contributed by atoms with E-state index < -0.39 is 17.8 Å². The van der Waals surface area contributed by atoms with Gasteiger partial charge < -0.3 is 9.47 Å². The summed E-state index contributed by atoms with van der Waals surface area (Å²) in [6.45, 7) is 4.27. The van der Waals surface area contributed by atoms with Crippen LogP contribution in [0.3, 0.4) is 0 Å². The Bertz CT molecular complexity index is 2070. The van der Waals surface area contributed by atoms with E-state index in [2.05, 4.69) is 22.6 Å². The molecule has 47 heavy (non-hydrogen) atoms. The molecule has 6 rings (SSSR count). The van der Waals surface area contributed by atoms with Gasteiger partial charge in [-0.1, -0.05) is 83.4 Å². The molecule has 0 radical (unpaired) electrons. The summed E-state index contributed by atoms with van der Waals surface area (Å²) < 4.78 is 12.8. The topological polar surface area (TPSA) is 76.2 Å². The number of nitrogens with zero attached hydrogens (tertiary/aromatic N) is 2. The molecule has 7 nitrogen and oxygen atoms in total. The Hall–Kier alpha value is -4.38. The van der Waals surface area contributed by atoms with Gasteiger partial charge in [0.25, 0.3) is 11.8 Å². The van der Waals surface area contributed by atoms with Crippen LogP contribution in [-0.2, 0) is 16.2 Å². The Labute approximate surface area is 295 Å². The van der Waals surface area contributed by atoms with Crippen LogP contribution in [0.5, 0.6) is 11.5 Å². The van der Waals surface area contributed by atoms with Crippen molar-refractivity contribution < 1.29 is 23.9 Å². The molecule has 0 atom stereocenters. The minimum Gasteiger partial charge on any atom is -0.490 e. The molecule has 5 aromatic carbocycles. The van der Waals surface area contributed by atoms with Crippen molar-refractivity contribution in [2.75, 3.05) is 16.4 Å². The molecular weight excluding hydrogens is 750 g/mol. The maximum atomic E-state index is 14.2. The summed E-state index contributed by atoms with van der Waals surface area (Å²) in [6, 6.07) is 27.8. The smallest absolute Gasteiger partial charge is 0.343 e. The van der Waals surface area contributed by atoms with Crippen molar-refractivity contribution in [3.8, 4) is 11.5 Å². The number of benzene rings is 5. The number of amides is 4. The highest BCUT2D eigenvalue weighted by Crippen LogP contribution is 2.38. The number of urea groups is 1. The van der Waals surface area contributed by atoms with Gasteiger partial charge in [-0.3, -0.25) is 9.59 Å². The monoisotopic (exact) mass is 776 g/mol. The van der Waals surface area contributed by atoms with E-state index in [0.717, 1.165) is 26.3 Å². The second-order valence-corrected chi connectivity index (χ2v) is 12.7. The van der Waals surface area contributed by atoms with E-state index in [-0.39, 0.29) is 12.2 Å². The average molecular weight is 777 g/mol. The summed E-state index contributed by atoms with van der Waals surface area (Å²) in [5.74, 6) is -0.559. The van der Waals surface area contributed by atoms with Crippen LogP contribution in [0.1, 0.15) is 23.6 Å². The largest absolute Gasteiger partial charge is 0.490 e. The van der Waals surface area contributed by atoms with Crippen molar-refractivity contribution in [2.24, 2.45) is 0 Å². The molecule has 4 amide bonds. The Kier molecular flexibility index (Phi) is 9.54. The highest BCUT2D eigenvalue weighted by Gasteiger charge is 2.44. The van der Waals surface area contributed by atoms with Gasteiger partial charge >= 0.3 is 6.03 Å². The Balaban J connectivity index is 1.44. The number of ether oxygens (including phenoxy) is 2. The van der Waals surface area contributed by atoms with Gasteiger partial charge in [-0.25, -0.2) is 14.6 Å². The molecule has 1 aliphatic heterocycles. The van der Waals surface area contributed by atoms with Crippen LogP contribution in [0.15, 0.2) is 103 Å². The lowest BCUT2D eigenvalue weighted by molar-refractivity contribution is -0.121. The molecule has 5 aromatic rings. The lowest BCUT2D eigenvalue weighted by Gasteiger charge is -2.34. The first-order valence-electron chi connectivity index (χ1n) is 14.7.